The summed E-state index contributed by atoms with van der Waals surface area (Å²) >= 11 is 0. The second-order valence-electron chi connectivity index (χ2n) is 8.61. The van der Waals surface area contributed by atoms with Crippen LogP contribution in [0.25, 0.3) is 0 Å². The monoisotopic (exact) mass is 529 g/mol. The zero-order valence-corrected chi connectivity index (χ0v) is 21.8. The third-order valence-electron chi connectivity index (χ3n) is 5.68. The van der Waals surface area contributed by atoms with Crippen molar-refractivity contribution in [2.24, 2.45) is 5.92 Å². The molecule has 0 aliphatic heterocycles. The third-order valence-corrected chi connectivity index (χ3v) is 6.13. The Hall–Kier alpha value is -2.95. The minimum absolute atomic E-state index is 0.0851. The van der Waals surface area contributed by atoms with Crippen LogP contribution in [0.1, 0.15) is 71.3 Å². The number of carboxylic acid groups (broad SMARTS) is 1. The molecule has 0 aliphatic carbocycles. The Balaban J connectivity index is 3.40. The molecule has 0 spiro atoms. The van der Waals surface area contributed by atoms with E-state index in [9.17, 15) is 28.8 Å². The van der Waals surface area contributed by atoms with Gasteiger partial charge in [-0.2, -0.15) is 0 Å². The fourth-order valence-electron chi connectivity index (χ4n) is 3.61. The summed E-state index contributed by atoms with van der Waals surface area (Å²) in [5.41, 5.74) is -2.17. The molecular formula is C23H36N3O9P. The van der Waals surface area contributed by atoms with Crippen LogP contribution in [0, 0.1) is 5.92 Å². The van der Waals surface area contributed by atoms with Gasteiger partial charge in [0.1, 0.15) is 5.75 Å². The molecule has 3 amide bonds. The number of amides is 3. The molecule has 0 heterocycles. The van der Waals surface area contributed by atoms with E-state index < -0.39 is 49.5 Å². The minimum Gasteiger partial charge on any atom is -0.478 e. The number of nitrogens with one attached hydrogen (secondary N) is 3. The molecule has 0 fully saturated rings. The van der Waals surface area contributed by atoms with E-state index in [0.29, 0.717) is 12.5 Å². The van der Waals surface area contributed by atoms with E-state index >= 15 is 0 Å². The first-order chi connectivity index (χ1) is 16.7. The van der Waals surface area contributed by atoms with Gasteiger partial charge < -0.3 is 25.6 Å². The summed E-state index contributed by atoms with van der Waals surface area (Å²) in [6, 6.07) is 4.99. The van der Waals surface area contributed by atoms with Gasteiger partial charge in [0.15, 0.2) is 0 Å². The third kappa shape index (κ3) is 9.96. The number of benzene rings is 1. The second-order valence-corrected chi connectivity index (χ2v) is 9.77. The fraction of sp³-hybridized carbons (Fsp3) is 0.565. The lowest BCUT2D eigenvalue weighted by molar-refractivity contribution is -0.153. The lowest BCUT2D eigenvalue weighted by atomic mass is 9.82. The number of aliphatic carboxylic acids is 1. The van der Waals surface area contributed by atoms with Crippen molar-refractivity contribution < 1.29 is 43.2 Å². The molecule has 1 rings (SSSR count). The van der Waals surface area contributed by atoms with Crippen molar-refractivity contribution >= 4 is 31.5 Å². The van der Waals surface area contributed by atoms with Crippen molar-refractivity contribution in [1.82, 2.24) is 16.0 Å². The van der Waals surface area contributed by atoms with E-state index in [2.05, 4.69) is 34.3 Å². The molecule has 6 N–H and O–H groups in total. The van der Waals surface area contributed by atoms with E-state index in [4.69, 9.17) is 9.79 Å². The molecule has 0 bridgehead atoms. The maximum atomic E-state index is 12.8. The van der Waals surface area contributed by atoms with Gasteiger partial charge in [-0.1, -0.05) is 39.3 Å². The van der Waals surface area contributed by atoms with Crippen molar-refractivity contribution in [2.45, 2.75) is 71.4 Å². The first kappa shape index (κ1) is 31.1. The van der Waals surface area contributed by atoms with Gasteiger partial charge >= 0.3 is 13.8 Å². The molecule has 0 aromatic heterocycles. The fourth-order valence-corrected chi connectivity index (χ4v) is 4.00. The van der Waals surface area contributed by atoms with Gasteiger partial charge in [-0.3, -0.25) is 24.2 Å². The predicted octanol–water partition coefficient (Wildman–Crippen LogP) is 2.02. The molecule has 0 saturated carbocycles. The Morgan fingerprint density at radius 1 is 1.06 bits per heavy atom. The molecule has 12 nitrogen and oxygen atoms in total. The number of carbonyl (C=O) groups is 4. The number of carbonyl (C=O) groups excluding carboxylic acids is 3. The number of phosphoric ester groups is 1. The van der Waals surface area contributed by atoms with Crippen molar-refractivity contribution in [3.8, 4) is 5.75 Å². The summed E-state index contributed by atoms with van der Waals surface area (Å²) in [7, 11) is -4.84. The van der Waals surface area contributed by atoms with Crippen LogP contribution in [0.15, 0.2) is 24.3 Å². The van der Waals surface area contributed by atoms with E-state index in [1.54, 1.807) is 0 Å². The van der Waals surface area contributed by atoms with E-state index in [0.717, 1.165) is 26.2 Å². The van der Waals surface area contributed by atoms with Crippen LogP contribution in [0.4, 0.5) is 0 Å². The maximum absolute atomic E-state index is 12.8. The normalized spacial score (nSPS) is 14.6. The Morgan fingerprint density at radius 2 is 1.67 bits per heavy atom. The minimum atomic E-state index is -4.84. The molecule has 1 aromatic carbocycles. The zero-order valence-electron chi connectivity index (χ0n) is 20.9. The summed E-state index contributed by atoms with van der Waals surface area (Å²) in [6.45, 7) is 7.12. The highest BCUT2D eigenvalue weighted by Crippen LogP contribution is 2.39. The summed E-state index contributed by atoms with van der Waals surface area (Å²) in [4.78, 5) is 67.8. The van der Waals surface area contributed by atoms with Gasteiger partial charge in [-0.05, 0) is 36.5 Å². The second kappa shape index (κ2) is 14.0. The molecule has 202 valence electrons. The van der Waals surface area contributed by atoms with Gasteiger partial charge in [0, 0.05) is 32.2 Å². The first-order valence-corrected chi connectivity index (χ1v) is 13.2. The topological polar surface area (TPSA) is 191 Å². The number of phosphoric acid groups is 1. The standard InChI is InChI=1S/C23H36N3O9P/c1-5-15(3)8-7-13-24-21(29)14-19(17-9-11-18(12-10-17)35-36(32,33)34)23(22(30)31,25-16(4)27)26-20(28)6-2/h9-12,15,19H,5-8,13-14H2,1-4H3,(H,24,29)(H,25,27)(H,26,28)(H,30,31)(H2,32,33,34). The number of rotatable bonds is 15. The van der Waals surface area contributed by atoms with E-state index in [1.165, 1.54) is 31.2 Å². The average Bonchev–Trinajstić information content (AvgIpc) is 2.78. The van der Waals surface area contributed by atoms with Crippen molar-refractivity contribution in [1.29, 1.82) is 0 Å². The molecule has 36 heavy (non-hydrogen) atoms. The van der Waals surface area contributed by atoms with Crippen LogP contribution in [0.2, 0.25) is 0 Å². The molecule has 0 radical (unpaired) electrons. The van der Waals surface area contributed by atoms with Gasteiger partial charge in [-0.15, -0.1) is 0 Å². The first-order valence-electron chi connectivity index (χ1n) is 11.7. The smallest absolute Gasteiger partial charge is 0.478 e. The van der Waals surface area contributed by atoms with E-state index in [-0.39, 0.29) is 17.7 Å². The largest absolute Gasteiger partial charge is 0.524 e. The van der Waals surface area contributed by atoms with Gasteiger partial charge in [-0.25, -0.2) is 9.36 Å². The summed E-state index contributed by atoms with van der Waals surface area (Å²) in [5, 5.41) is 17.6. The van der Waals surface area contributed by atoms with Gasteiger partial charge in [0.05, 0.1) is 0 Å². The Morgan fingerprint density at radius 3 is 2.14 bits per heavy atom. The van der Waals surface area contributed by atoms with Crippen LogP contribution in [0.5, 0.6) is 5.75 Å². The summed E-state index contributed by atoms with van der Waals surface area (Å²) in [5.74, 6) is -4.51. The highest BCUT2D eigenvalue weighted by molar-refractivity contribution is 7.46. The molecular weight excluding hydrogens is 493 g/mol. The van der Waals surface area contributed by atoms with Crippen LogP contribution < -0.4 is 20.5 Å². The molecule has 1 aromatic rings. The number of carboxylic acids is 1. The highest BCUT2D eigenvalue weighted by Gasteiger charge is 2.49. The van der Waals surface area contributed by atoms with Crippen LogP contribution in [-0.4, -0.2) is 50.8 Å². The van der Waals surface area contributed by atoms with Crippen LogP contribution in [0.3, 0.4) is 0 Å². The number of hydrogen-bond donors (Lipinski definition) is 6. The molecule has 0 aliphatic rings. The van der Waals surface area contributed by atoms with Crippen molar-refractivity contribution in [3.63, 3.8) is 0 Å². The number of hydrogen-bond acceptors (Lipinski definition) is 6. The highest BCUT2D eigenvalue weighted by atomic mass is 31.2. The average molecular weight is 530 g/mol. The molecule has 0 saturated heterocycles. The van der Waals surface area contributed by atoms with E-state index in [1.807, 2.05) is 0 Å². The van der Waals surface area contributed by atoms with Gasteiger partial charge in [0.25, 0.3) is 0 Å². The maximum Gasteiger partial charge on any atom is 0.524 e. The van der Waals surface area contributed by atoms with Crippen molar-refractivity contribution in [3.05, 3.63) is 29.8 Å². The Labute approximate surface area is 210 Å². The Kier molecular flexibility index (Phi) is 12.1. The zero-order chi connectivity index (χ0) is 27.5. The molecule has 13 heteroatoms. The summed E-state index contributed by atoms with van der Waals surface area (Å²) < 4.78 is 15.6. The SMILES string of the molecule is CCC(=O)NC(NC(C)=O)(C(=O)O)C(CC(=O)NCCCC(C)CC)c1ccc(OP(=O)(O)O)cc1. The van der Waals surface area contributed by atoms with Gasteiger partial charge in [0.2, 0.25) is 23.4 Å². The molecule has 3 atom stereocenters. The lowest BCUT2D eigenvalue weighted by Gasteiger charge is -2.38. The van der Waals surface area contributed by atoms with Crippen LogP contribution in [-0.2, 0) is 23.7 Å². The quantitative estimate of drug-likeness (QED) is 0.112. The molecule has 3 unspecified atom stereocenters. The lowest BCUT2D eigenvalue weighted by Crippen LogP contribution is -2.68. The Bertz CT molecular complexity index is 964. The summed E-state index contributed by atoms with van der Waals surface area (Å²) in [6.07, 6.45) is 2.13. The van der Waals surface area contributed by atoms with Crippen LogP contribution >= 0.6 is 7.82 Å². The van der Waals surface area contributed by atoms with Crippen molar-refractivity contribution in [2.75, 3.05) is 6.54 Å². The predicted molar refractivity (Wildman–Crippen MR) is 131 cm³/mol.